The van der Waals surface area contributed by atoms with Crippen LogP contribution in [-0.4, -0.2) is 23.0 Å². The maximum absolute atomic E-state index is 14.5. The third-order valence-electron chi connectivity index (χ3n) is 4.35. The Hall–Kier alpha value is -4.30. The van der Waals surface area contributed by atoms with Crippen LogP contribution in [0.4, 0.5) is 10.2 Å². The SMILES string of the molecule is COc1nc(NC(=O)CCc2cccnc2)c(C#N)c(-c2ccccc2F)c1C#N. The first-order chi connectivity index (χ1) is 14.6. The number of methoxy groups -OCH3 is 1. The Bertz CT molecular complexity index is 1170. The van der Waals surface area contributed by atoms with Gasteiger partial charge in [-0.1, -0.05) is 24.3 Å². The summed E-state index contributed by atoms with van der Waals surface area (Å²) in [4.78, 5) is 20.6. The van der Waals surface area contributed by atoms with E-state index >= 15 is 0 Å². The van der Waals surface area contributed by atoms with Crippen LogP contribution < -0.4 is 10.1 Å². The number of hydrogen-bond acceptors (Lipinski definition) is 6. The minimum Gasteiger partial charge on any atom is -0.480 e. The fourth-order valence-corrected chi connectivity index (χ4v) is 2.95. The molecule has 0 saturated carbocycles. The summed E-state index contributed by atoms with van der Waals surface area (Å²) >= 11 is 0. The van der Waals surface area contributed by atoms with Crippen molar-refractivity contribution < 1.29 is 13.9 Å². The van der Waals surface area contributed by atoms with Crippen LogP contribution in [-0.2, 0) is 11.2 Å². The van der Waals surface area contributed by atoms with Crippen molar-refractivity contribution in [2.45, 2.75) is 12.8 Å². The molecule has 0 aliphatic rings. The van der Waals surface area contributed by atoms with Gasteiger partial charge in [0.15, 0.2) is 5.82 Å². The van der Waals surface area contributed by atoms with Crippen molar-refractivity contribution in [1.82, 2.24) is 9.97 Å². The van der Waals surface area contributed by atoms with Gasteiger partial charge >= 0.3 is 0 Å². The Balaban J connectivity index is 2.02. The highest BCUT2D eigenvalue weighted by Crippen LogP contribution is 2.37. The highest BCUT2D eigenvalue weighted by atomic mass is 19.1. The first kappa shape index (κ1) is 20.4. The van der Waals surface area contributed by atoms with E-state index in [0.717, 1.165) is 5.56 Å². The third-order valence-corrected chi connectivity index (χ3v) is 4.35. The van der Waals surface area contributed by atoms with Crippen LogP contribution in [0.1, 0.15) is 23.1 Å². The van der Waals surface area contributed by atoms with Gasteiger partial charge in [-0.2, -0.15) is 15.5 Å². The van der Waals surface area contributed by atoms with Crippen LogP contribution in [0.2, 0.25) is 0 Å². The molecule has 8 heteroatoms. The number of aryl methyl sites for hydroxylation is 1. The van der Waals surface area contributed by atoms with E-state index in [1.54, 1.807) is 24.5 Å². The van der Waals surface area contributed by atoms with E-state index in [1.807, 2.05) is 18.2 Å². The molecule has 0 spiro atoms. The Morgan fingerprint density at radius 2 is 1.93 bits per heavy atom. The number of rotatable bonds is 6. The van der Waals surface area contributed by atoms with Gasteiger partial charge in [0.1, 0.15) is 29.1 Å². The minimum absolute atomic E-state index is 0.0208. The highest BCUT2D eigenvalue weighted by molar-refractivity contribution is 5.94. The van der Waals surface area contributed by atoms with Crippen molar-refractivity contribution in [3.05, 3.63) is 71.3 Å². The Morgan fingerprint density at radius 3 is 2.57 bits per heavy atom. The van der Waals surface area contributed by atoms with Gasteiger partial charge in [0, 0.05) is 29.9 Å². The van der Waals surface area contributed by atoms with Crippen LogP contribution in [0.3, 0.4) is 0 Å². The van der Waals surface area contributed by atoms with Crippen LogP contribution in [0.15, 0.2) is 48.8 Å². The first-order valence-electron chi connectivity index (χ1n) is 8.94. The second-order valence-corrected chi connectivity index (χ2v) is 6.21. The van der Waals surface area contributed by atoms with E-state index in [-0.39, 0.29) is 40.4 Å². The predicted molar refractivity (Wildman–Crippen MR) is 107 cm³/mol. The molecule has 0 saturated heterocycles. The van der Waals surface area contributed by atoms with Gasteiger partial charge in [-0.25, -0.2) is 4.39 Å². The fourth-order valence-electron chi connectivity index (χ4n) is 2.95. The zero-order valence-electron chi connectivity index (χ0n) is 16.0. The summed E-state index contributed by atoms with van der Waals surface area (Å²) in [6.07, 6.45) is 3.86. The van der Waals surface area contributed by atoms with E-state index < -0.39 is 11.7 Å². The Labute approximate surface area is 172 Å². The van der Waals surface area contributed by atoms with Gasteiger partial charge in [-0.05, 0) is 24.1 Å². The average Bonchev–Trinajstić information content (AvgIpc) is 2.78. The molecule has 30 heavy (non-hydrogen) atoms. The molecule has 0 bridgehead atoms. The number of benzene rings is 1. The molecule has 1 amide bonds. The van der Waals surface area contributed by atoms with Gasteiger partial charge in [0.25, 0.3) is 0 Å². The fraction of sp³-hybridized carbons (Fsp3) is 0.136. The molecule has 0 aliphatic heterocycles. The quantitative estimate of drug-likeness (QED) is 0.675. The summed E-state index contributed by atoms with van der Waals surface area (Å²) in [6, 6.07) is 13.2. The predicted octanol–water partition coefficient (Wildman–Crippen LogP) is 3.61. The largest absolute Gasteiger partial charge is 0.480 e. The van der Waals surface area contributed by atoms with Crippen molar-refractivity contribution in [3.63, 3.8) is 0 Å². The zero-order valence-corrected chi connectivity index (χ0v) is 16.0. The Morgan fingerprint density at radius 1 is 1.17 bits per heavy atom. The number of halogens is 1. The van der Waals surface area contributed by atoms with Crippen molar-refractivity contribution >= 4 is 11.7 Å². The topological polar surface area (TPSA) is 112 Å². The standard InChI is InChI=1S/C22H16FN5O2/c1-30-22-17(12-25)20(15-6-2-3-7-18(15)23)16(11-24)21(28-22)27-19(29)9-8-14-5-4-10-26-13-14/h2-7,10,13H,8-9H2,1H3,(H,27,28,29). The average molecular weight is 401 g/mol. The van der Waals surface area contributed by atoms with Crippen LogP contribution in [0, 0.1) is 28.5 Å². The normalized spacial score (nSPS) is 10.0. The minimum atomic E-state index is -0.618. The van der Waals surface area contributed by atoms with E-state index in [9.17, 15) is 19.7 Å². The van der Waals surface area contributed by atoms with E-state index in [2.05, 4.69) is 15.3 Å². The number of nitriles is 2. The molecule has 3 rings (SSSR count). The summed E-state index contributed by atoms with van der Waals surface area (Å²) in [5.41, 5.74) is 0.731. The lowest BCUT2D eigenvalue weighted by molar-refractivity contribution is -0.116. The lowest BCUT2D eigenvalue weighted by Crippen LogP contribution is -2.16. The van der Waals surface area contributed by atoms with Gasteiger partial charge in [0.05, 0.1) is 7.11 Å². The Kier molecular flexibility index (Phi) is 6.31. The number of carbonyl (C=O) groups excluding carboxylic acids is 1. The van der Waals surface area contributed by atoms with E-state index in [4.69, 9.17) is 4.74 Å². The number of aromatic nitrogens is 2. The third kappa shape index (κ3) is 4.23. The van der Waals surface area contributed by atoms with Gasteiger partial charge in [0.2, 0.25) is 11.8 Å². The molecule has 1 aromatic carbocycles. The zero-order chi connectivity index (χ0) is 21.5. The number of hydrogen-bond donors (Lipinski definition) is 1. The maximum Gasteiger partial charge on any atom is 0.234 e. The molecular formula is C22H16FN5O2. The number of ether oxygens (including phenoxy) is 1. The van der Waals surface area contributed by atoms with Crippen LogP contribution >= 0.6 is 0 Å². The van der Waals surface area contributed by atoms with E-state index in [0.29, 0.717) is 6.42 Å². The van der Waals surface area contributed by atoms with Crippen molar-refractivity contribution in [2.75, 3.05) is 12.4 Å². The lowest BCUT2D eigenvalue weighted by atomic mass is 9.96. The summed E-state index contributed by atoms with van der Waals surface area (Å²) in [6.45, 7) is 0. The molecule has 2 heterocycles. The molecule has 3 aromatic rings. The number of carbonyl (C=O) groups is 1. The molecule has 2 aromatic heterocycles. The monoisotopic (exact) mass is 401 g/mol. The summed E-state index contributed by atoms with van der Waals surface area (Å²) in [5, 5.41) is 21.9. The molecule has 148 valence electrons. The molecule has 1 N–H and O–H groups in total. The molecule has 0 unspecified atom stereocenters. The number of amides is 1. The molecule has 0 atom stereocenters. The van der Waals surface area contributed by atoms with Crippen molar-refractivity contribution in [3.8, 4) is 29.1 Å². The van der Waals surface area contributed by atoms with Crippen molar-refractivity contribution in [1.29, 1.82) is 10.5 Å². The smallest absolute Gasteiger partial charge is 0.234 e. The number of anilines is 1. The van der Waals surface area contributed by atoms with Gasteiger partial charge < -0.3 is 10.1 Å². The number of nitrogens with zero attached hydrogens (tertiary/aromatic N) is 4. The van der Waals surface area contributed by atoms with Gasteiger partial charge in [-0.15, -0.1) is 0 Å². The molecular weight excluding hydrogens is 385 g/mol. The molecule has 0 radical (unpaired) electrons. The summed E-state index contributed by atoms with van der Waals surface area (Å²) in [5.74, 6) is -1.22. The van der Waals surface area contributed by atoms with Gasteiger partial charge in [-0.3, -0.25) is 9.78 Å². The maximum atomic E-state index is 14.5. The molecule has 0 fully saturated rings. The molecule has 7 nitrogen and oxygen atoms in total. The lowest BCUT2D eigenvalue weighted by Gasteiger charge is -2.15. The highest BCUT2D eigenvalue weighted by Gasteiger charge is 2.24. The number of pyridine rings is 2. The van der Waals surface area contributed by atoms with Crippen LogP contribution in [0.25, 0.3) is 11.1 Å². The second kappa shape index (κ2) is 9.26. The molecule has 0 aliphatic carbocycles. The second-order valence-electron chi connectivity index (χ2n) is 6.21. The summed E-state index contributed by atoms with van der Waals surface area (Å²) < 4.78 is 19.6. The van der Waals surface area contributed by atoms with E-state index in [1.165, 1.54) is 25.3 Å². The first-order valence-corrected chi connectivity index (χ1v) is 8.94. The number of nitrogens with one attached hydrogen (secondary N) is 1. The summed E-state index contributed by atoms with van der Waals surface area (Å²) in [7, 11) is 1.30. The van der Waals surface area contributed by atoms with Crippen molar-refractivity contribution in [2.24, 2.45) is 0 Å². The van der Waals surface area contributed by atoms with Crippen LogP contribution in [0.5, 0.6) is 5.88 Å².